The van der Waals surface area contributed by atoms with Crippen molar-refractivity contribution >= 4 is 29.1 Å². The van der Waals surface area contributed by atoms with Gasteiger partial charge in [0, 0.05) is 24.1 Å². The number of amides is 1. The molecule has 0 aliphatic rings. The van der Waals surface area contributed by atoms with Crippen molar-refractivity contribution < 1.29 is 4.79 Å². The molecule has 19 heavy (non-hydrogen) atoms. The number of carbonyl (C=O) groups is 1. The second-order valence-corrected chi connectivity index (χ2v) is 5.09. The van der Waals surface area contributed by atoms with E-state index >= 15 is 0 Å². The SMILES string of the molecule is Cc1nc(C(=O)N(C)C)nn1-c1cc(Cl)cc(Cl)c1. The van der Waals surface area contributed by atoms with Crippen LogP contribution in [0.15, 0.2) is 18.2 Å². The summed E-state index contributed by atoms with van der Waals surface area (Å²) in [6.45, 7) is 1.76. The van der Waals surface area contributed by atoms with Gasteiger partial charge in [0.05, 0.1) is 5.69 Å². The molecule has 100 valence electrons. The normalized spacial score (nSPS) is 10.6. The minimum atomic E-state index is -0.255. The molecule has 0 spiro atoms. The first kappa shape index (κ1) is 13.8. The van der Waals surface area contributed by atoms with Crippen LogP contribution in [-0.2, 0) is 0 Å². The zero-order chi connectivity index (χ0) is 14.2. The summed E-state index contributed by atoms with van der Waals surface area (Å²) in [4.78, 5) is 17.4. The highest BCUT2D eigenvalue weighted by Crippen LogP contribution is 2.22. The zero-order valence-corrected chi connectivity index (χ0v) is 12.2. The smallest absolute Gasteiger partial charge is 0.293 e. The van der Waals surface area contributed by atoms with Crippen LogP contribution in [0.2, 0.25) is 10.0 Å². The van der Waals surface area contributed by atoms with E-state index in [-0.39, 0.29) is 11.7 Å². The number of rotatable bonds is 2. The van der Waals surface area contributed by atoms with Gasteiger partial charge in [-0.1, -0.05) is 23.2 Å². The lowest BCUT2D eigenvalue weighted by atomic mass is 10.3. The second-order valence-electron chi connectivity index (χ2n) is 4.22. The van der Waals surface area contributed by atoms with Crippen molar-refractivity contribution in [1.29, 1.82) is 0 Å². The summed E-state index contributed by atoms with van der Waals surface area (Å²) in [5.74, 6) is 0.470. The second kappa shape index (κ2) is 5.19. The summed E-state index contributed by atoms with van der Waals surface area (Å²) in [7, 11) is 3.29. The van der Waals surface area contributed by atoms with Gasteiger partial charge in [0.25, 0.3) is 5.91 Å². The van der Waals surface area contributed by atoms with Crippen LogP contribution in [-0.4, -0.2) is 39.7 Å². The monoisotopic (exact) mass is 298 g/mol. The minimum absolute atomic E-state index is 0.138. The van der Waals surface area contributed by atoms with Gasteiger partial charge in [-0.05, 0) is 25.1 Å². The summed E-state index contributed by atoms with van der Waals surface area (Å²) >= 11 is 11.9. The molecule has 0 N–H and O–H groups in total. The van der Waals surface area contributed by atoms with E-state index in [1.54, 1.807) is 39.2 Å². The predicted octanol–water partition coefficient (Wildman–Crippen LogP) is 2.58. The van der Waals surface area contributed by atoms with Gasteiger partial charge in [0.1, 0.15) is 5.82 Å². The van der Waals surface area contributed by atoms with Gasteiger partial charge in [0.15, 0.2) is 0 Å². The fraction of sp³-hybridized carbons (Fsp3) is 0.250. The molecule has 0 bridgehead atoms. The van der Waals surface area contributed by atoms with Crippen LogP contribution in [0, 0.1) is 6.92 Å². The first-order chi connectivity index (χ1) is 8.88. The molecule has 0 saturated heterocycles. The Labute approximate surface area is 120 Å². The molecule has 2 rings (SSSR count). The van der Waals surface area contributed by atoms with E-state index in [1.807, 2.05) is 0 Å². The Kier molecular flexibility index (Phi) is 3.78. The first-order valence-electron chi connectivity index (χ1n) is 5.50. The third-order valence-corrected chi connectivity index (χ3v) is 2.89. The van der Waals surface area contributed by atoms with Gasteiger partial charge in [-0.25, -0.2) is 9.67 Å². The summed E-state index contributed by atoms with van der Waals surface area (Å²) in [5.41, 5.74) is 0.667. The van der Waals surface area contributed by atoms with Gasteiger partial charge >= 0.3 is 0 Å². The molecule has 2 aromatic rings. The van der Waals surface area contributed by atoms with Crippen LogP contribution in [0.1, 0.15) is 16.4 Å². The summed E-state index contributed by atoms with van der Waals surface area (Å²) in [6, 6.07) is 5.04. The Morgan fingerprint density at radius 2 is 1.79 bits per heavy atom. The number of carbonyl (C=O) groups excluding carboxylic acids is 1. The van der Waals surface area contributed by atoms with Gasteiger partial charge in [-0.2, -0.15) is 0 Å². The minimum Gasteiger partial charge on any atom is -0.342 e. The van der Waals surface area contributed by atoms with Gasteiger partial charge < -0.3 is 4.90 Å². The van der Waals surface area contributed by atoms with Crippen molar-refractivity contribution in [3.8, 4) is 5.69 Å². The zero-order valence-electron chi connectivity index (χ0n) is 10.7. The Balaban J connectivity index is 2.48. The van der Waals surface area contributed by atoms with E-state index in [0.717, 1.165) is 0 Å². The maximum Gasteiger partial charge on any atom is 0.293 e. The van der Waals surface area contributed by atoms with Crippen molar-refractivity contribution in [3.05, 3.63) is 39.9 Å². The number of aromatic nitrogens is 3. The van der Waals surface area contributed by atoms with Crippen molar-refractivity contribution in [1.82, 2.24) is 19.7 Å². The molecule has 0 radical (unpaired) electrons. The number of hydrogen-bond donors (Lipinski definition) is 0. The third kappa shape index (κ3) is 2.88. The fourth-order valence-electron chi connectivity index (χ4n) is 1.59. The van der Waals surface area contributed by atoms with E-state index in [4.69, 9.17) is 23.2 Å². The predicted molar refractivity (Wildman–Crippen MR) is 74.1 cm³/mol. The number of benzene rings is 1. The van der Waals surface area contributed by atoms with Gasteiger partial charge in [-0.15, -0.1) is 5.10 Å². The molecule has 0 atom stereocenters. The standard InChI is InChI=1S/C12H12Cl2N4O/c1-7-15-11(12(19)17(2)3)16-18(7)10-5-8(13)4-9(14)6-10/h4-6H,1-3H3. The Bertz CT molecular complexity index is 616. The van der Waals surface area contributed by atoms with Crippen molar-refractivity contribution in [2.45, 2.75) is 6.92 Å². The Morgan fingerprint density at radius 1 is 1.21 bits per heavy atom. The quantitative estimate of drug-likeness (QED) is 0.856. The average Bonchev–Trinajstić information content (AvgIpc) is 2.68. The van der Waals surface area contributed by atoms with Gasteiger partial charge in [-0.3, -0.25) is 4.79 Å². The number of hydrogen-bond acceptors (Lipinski definition) is 3. The molecule has 0 saturated carbocycles. The van der Waals surface area contributed by atoms with Gasteiger partial charge in [0.2, 0.25) is 5.82 Å². The van der Waals surface area contributed by atoms with Crippen molar-refractivity contribution in [2.75, 3.05) is 14.1 Å². The maximum absolute atomic E-state index is 11.8. The highest BCUT2D eigenvalue weighted by Gasteiger charge is 2.17. The molecular weight excluding hydrogens is 287 g/mol. The lowest BCUT2D eigenvalue weighted by molar-refractivity contribution is 0.0816. The van der Waals surface area contributed by atoms with Crippen LogP contribution in [0.3, 0.4) is 0 Å². The number of nitrogens with zero attached hydrogens (tertiary/aromatic N) is 4. The Hall–Kier alpha value is -1.59. The molecule has 0 unspecified atom stereocenters. The molecule has 0 fully saturated rings. The molecule has 0 aliphatic carbocycles. The van der Waals surface area contributed by atoms with Crippen LogP contribution in [0.25, 0.3) is 5.69 Å². The number of halogens is 2. The molecule has 1 heterocycles. The lowest BCUT2D eigenvalue weighted by Gasteiger charge is -2.06. The third-order valence-electron chi connectivity index (χ3n) is 2.46. The molecule has 5 nitrogen and oxygen atoms in total. The lowest BCUT2D eigenvalue weighted by Crippen LogP contribution is -2.23. The summed E-state index contributed by atoms with van der Waals surface area (Å²) < 4.78 is 1.54. The van der Waals surface area contributed by atoms with E-state index in [0.29, 0.717) is 21.6 Å². The molecule has 1 amide bonds. The topological polar surface area (TPSA) is 51.0 Å². The maximum atomic E-state index is 11.8. The Morgan fingerprint density at radius 3 is 2.32 bits per heavy atom. The largest absolute Gasteiger partial charge is 0.342 e. The van der Waals surface area contributed by atoms with Crippen LogP contribution in [0.5, 0.6) is 0 Å². The molecule has 7 heteroatoms. The van der Waals surface area contributed by atoms with Crippen molar-refractivity contribution in [2.24, 2.45) is 0 Å². The molecule has 1 aromatic carbocycles. The molecule has 0 aliphatic heterocycles. The highest BCUT2D eigenvalue weighted by molar-refractivity contribution is 6.34. The van der Waals surface area contributed by atoms with E-state index in [2.05, 4.69) is 10.1 Å². The van der Waals surface area contributed by atoms with Crippen LogP contribution < -0.4 is 0 Å². The first-order valence-corrected chi connectivity index (χ1v) is 6.26. The fourth-order valence-corrected chi connectivity index (χ4v) is 2.10. The van der Waals surface area contributed by atoms with Crippen LogP contribution in [0.4, 0.5) is 0 Å². The molecular formula is C12H12Cl2N4O. The van der Waals surface area contributed by atoms with E-state index in [1.165, 1.54) is 9.58 Å². The summed E-state index contributed by atoms with van der Waals surface area (Å²) in [6.07, 6.45) is 0. The van der Waals surface area contributed by atoms with E-state index < -0.39 is 0 Å². The average molecular weight is 299 g/mol. The number of aryl methyl sites for hydroxylation is 1. The van der Waals surface area contributed by atoms with Crippen molar-refractivity contribution in [3.63, 3.8) is 0 Å². The van der Waals surface area contributed by atoms with E-state index in [9.17, 15) is 4.79 Å². The highest BCUT2D eigenvalue weighted by atomic mass is 35.5. The summed E-state index contributed by atoms with van der Waals surface area (Å²) in [5, 5.41) is 5.18. The molecule has 1 aromatic heterocycles. The van der Waals surface area contributed by atoms with Crippen LogP contribution >= 0.6 is 23.2 Å².